The maximum atomic E-state index is 13.3. The Bertz CT molecular complexity index is 1050. The van der Waals surface area contributed by atoms with Gasteiger partial charge in [0.1, 0.15) is 11.5 Å². The number of rotatable bonds is 8. The summed E-state index contributed by atoms with van der Waals surface area (Å²) in [5, 5.41) is 0. The summed E-state index contributed by atoms with van der Waals surface area (Å²) in [7, 11) is 0. The summed E-state index contributed by atoms with van der Waals surface area (Å²) in [5.74, 6) is -0.233. The van der Waals surface area contributed by atoms with E-state index in [1.54, 1.807) is 0 Å². The molecule has 0 amide bonds. The topological polar surface area (TPSA) is 65.0 Å². The second-order valence-corrected chi connectivity index (χ2v) is 8.67. The smallest absolute Gasteiger partial charge is 0.336 e. The predicted molar refractivity (Wildman–Crippen MR) is 129 cm³/mol. The molecule has 0 spiro atoms. The van der Waals surface area contributed by atoms with E-state index in [9.17, 15) is 9.59 Å². The van der Waals surface area contributed by atoms with E-state index in [-0.39, 0.29) is 24.3 Å². The fourth-order valence-electron chi connectivity index (χ4n) is 4.72. The minimum absolute atomic E-state index is 0.151. The maximum absolute atomic E-state index is 13.3. The van der Waals surface area contributed by atoms with Crippen LogP contribution < -0.4 is 4.74 Å². The number of fused-ring (bicyclic) bond motifs is 1. The van der Waals surface area contributed by atoms with Crippen LogP contribution in [0.2, 0.25) is 0 Å². The largest absolute Gasteiger partial charge is 0.494 e. The lowest BCUT2D eigenvalue weighted by molar-refractivity contribution is -0.139. The third kappa shape index (κ3) is 5.24. The number of ketones is 1. The number of Topliss-reactive ketones (excluding diaryl/α,β-unsaturated/α-hetero) is 1. The highest BCUT2D eigenvalue weighted by Crippen LogP contribution is 2.43. The molecule has 2 aromatic rings. The molecule has 5 heteroatoms. The van der Waals surface area contributed by atoms with Crippen LogP contribution >= 0.6 is 0 Å². The molecule has 2 aromatic carbocycles. The Morgan fingerprint density at radius 1 is 1.00 bits per heavy atom. The fourth-order valence-corrected chi connectivity index (χ4v) is 4.72. The van der Waals surface area contributed by atoms with Crippen molar-refractivity contribution in [3.63, 3.8) is 0 Å². The van der Waals surface area contributed by atoms with Crippen molar-refractivity contribution in [2.45, 2.75) is 51.9 Å². The van der Waals surface area contributed by atoms with Gasteiger partial charge >= 0.3 is 5.97 Å². The number of aliphatic imine (C=N–C) groups is 1. The number of hydrogen-bond acceptors (Lipinski definition) is 5. The quantitative estimate of drug-likeness (QED) is 0.507. The van der Waals surface area contributed by atoms with Gasteiger partial charge < -0.3 is 9.47 Å². The predicted octanol–water partition coefficient (Wildman–Crippen LogP) is 5.44. The van der Waals surface area contributed by atoms with Gasteiger partial charge in [-0.15, -0.1) is 0 Å². The lowest BCUT2D eigenvalue weighted by Gasteiger charge is -2.35. The molecule has 172 valence electrons. The van der Waals surface area contributed by atoms with E-state index in [1.165, 1.54) is 0 Å². The second-order valence-electron chi connectivity index (χ2n) is 8.67. The molecule has 1 saturated carbocycles. The van der Waals surface area contributed by atoms with Crippen LogP contribution in [-0.2, 0) is 20.7 Å². The van der Waals surface area contributed by atoms with Gasteiger partial charge in [0.05, 0.1) is 24.7 Å². The van der Waals surface area contributed by atoms with Gasteiger partial charge in [-0.1, -0.05) is 49.4 Å². The Kier molecular flexibility index (Phi) is 7.38. The highest BCUT2D eigenvalue weighted by atomic mass is 16.5. The molecule has 1 unspecified atom stereocenters. The first kappa shape index (κ1) is 23.0. The zero-order chi connectivity index (χ0) is 23.2. The van der Waals surface area contributed by atoms with Gasteiger partial charge in [0, 0.05) is 30.2 Å². The van der Waals surface area contributed by atoms with E-state index in [0.29, 0.717) is 30.7 Å². The van der Waals surface area contributed by atoms with E-state index < -0.39 is 5.92 Å². The number of nitrogens with zero attached hydrogens (tertiary/aromatic N) is 1. The third-order valence-corrected chi connectivity index (χ3v) is 6.31. The number of ether oxygens (including phenoxy) is 2. The third-order valence-electron chi connectivity index (χ3n) is 6.31. The molecule has 1 fully saturated rings. The molecule has 1 aliphatic heterocycles. The van der Waals surface area contributed by atoms with Crippen molar-refractivity contribution in [3.05, 3.63) is 77.0 Å². The van der Waals surface area contributed by atoms with Crippen molar-refractivity contribution < 1.29 is 19.1 Å². The van der Waals surface area contributed by atoms with E-state index in [2.05, 4.69) is 6.92 Å². The van der Waals surface area contributed by atoms with Crippen LogP contribution in [0.4, 0.5) is 0 Å². The van der Waals surface area contributed by atoms with Crippen LogP contribution in [0.1, 0.15) is 56.6 Å². The molecule has 33 heavy (non-hydrogen) atoms. The molecule has 1 aliphatic carbocycles. The average molecular weight is 446 g/mol. The zero-order valence-electron chi connectivity index (χ0n) is 19.4. The summed E-state index contributed by atoms with van der Waals surface area (Å²) in [6.07, 6.45) is 3.70. The molecule has 0 saturated heterocycles. The van der Waals surface area contributed by atoms with E-state index in [4.69, 9.17) is 14.5 Å². The molecule has 0 bridgehead atoms. The monoisotopic (exact) mass is 445 g/mol. The molecule has 4 rings (SSSR count). The van der Waals surface area contributed by atoms with Crippen molar-refractivity contribution in [1.29, 1.82) is 0 Å². The molecular weight excluding hydrogens is 414 g/mol. The van der Waals surface area contributed by atoms with E-state index >= 15 is 0 Å². The summed E-state index contributed by atoms with van der Waals surface area (Å²) in [4.78, 5) is 31.0. The zero-order valence-corrected chi connectivity index (χ0v) is 19.4. The number of esters is 1. The summed E-state index contributed by atoms with van der Waals surface area (Å²) in [5.41, 5.74) is 4.06. The van der Waals surface area contributed by atoms with Gasteiger partial charge in [-0.2, -0.15) is 0 Å². The van der Waals surface area contributed by atoms with Gasteiger partial charge in [-0.05, 0) is 49.4 Å². The number of carbonyl (C=O) groups is 2. The van der Waals surface area contributed by atoms with Crippen LogP contribution in [0.3, 0.4) is 0 Å². The maximum Gasteiger partial charge on any atom is 0.336 e. The summed E-state index contributed by atoms with van der Waals surface area (Å²) in [6.45, 7) is 4.85. The highest BCUT2D eigenvalue weighted by Gasteiger charge is 2.43. The number of carbonyl (C=O) groups excluding carboxylic acids is 2. The number of benzene rings is 2. The highest BCUT2D eigenvalue weighted by molar-refractivity contribution is 6.11. The minimum Gasteiger partial charge on any atom is -0.494 e. The molecule has 0 aromatic heterocycles. The molecule has 2 atom stereocenters. The van der Waals surface area contributed by atoms with Crippen molar-refractivity contribution in [3.8, 4) is 5.75 Å². The summed E-state index contributed by atoms with van der Waals surface area (Å²) >= 11 is 0. The average Bonchev–Trinajstić information content (AvgIpc) is 2.83. The summed E-state index contributed by atoms with van der Waals surface area (Å²) in [6, 6.07) is 17.7. The molecule has 2 aliphatic rings. The Morgan fingerprint density at radius 2 is 1.76 bits per heavy atom. The Hall–Kier alpha value is -3.21. The van der Waals surface area contributed by atoms with Crippen molar-refractivity contribution in [1.82, 2.24) is 0 Å². The molecule has 5 nitrogen and oxygen atoms in total. The van der Waals surface area contributed by atoms with Crippen LogP contribution in [0, 0.1) is 5.92 Å². The Labute approximate surface area is 195 Å². The molecular formula is C28H31NO4. The lowest BCUT2D eigenvalue weighted by Crippen LogP contribution is -2.39. The van der Waals surface area contributed by atoms with Crippen molar-refractivity contribution in [2.75, 3.05) is 13.2 Å². The van der Waals surface area contributed by atoms with Crippen LogP contribution in [0.15, 0.2) is 70.9 Å². The minimum atomic E-state index is -0.401. The standard InChI is InChI=1S/C28H31NO4/c1-3-17-32-22-14-12-21(13-15-22)26-25(19(2)29-23-10-7-11-24(30)27(23)26)28(31)33-18-16-20-8-5-4-6-9-20/h4-6,8-9,12-15,26-27H,3,7,10-11,16-18H2,1-2H3/t26-,27?/m0/s1. The van der Waals surface area contributed by atoms with Crippen LogP contribution in [0.5, 0.6) is 5.75 Å². The first-order chi connectivity index (χ1) is 16.1. The molecule has 1 heterocycles. The first-order valence-electron chi connectivity index (χ1n) is 11.8. The van der Waals surface area contributed by atoms with Crippen LogP contribution in [0.25, 0.3) is 0 Å². The van der Waals surface area contributed by atoms with Gasteiger partial charge in [-0.3, -0.25) is 9.79 Å². The first-order valence-corrected chi connectivity index (χ1v) is 11.8. The number of hydrogen-bond donors (Lipinski definition) is 0. The fraction of sp³-hybridized carbons (Fsp3) is 0.393. The van der Waals surface area contributed by atoms with Crippen molar-refractivity contribution in [2.24, 2.45) is 10.9 Å². The second kappa shape index (κ2) is 10.6. The Balaban J connectivity index is 1.60. The molecule has 0 N–H and O–H groups in total. The van der Waals surface area contributed by atoms with Crippen LogP contribution in [-0.4, -0.2) is 30.7 Å². The van der Waals surface area contributed by atoms with Gasteiger partial charge in [0.2, 0.25) is 0 Å². The molecule has 0 radical (unpaired) electrons. The normalized spacial score (nSPS) is 20.2. The van der Waals surface area contributed by atoms with E-state index in [0.717, 1.165) is 41.9 Å². The van der Waals surface area contributed by atoms with Gasteiger partial charge in [0.15, 0.2) is 0 Å². The number of allylic oxidation sites excluding steroid dienone is 1. The summed E-state index contributed by atoms with van der Waals surface area (Å²) < 4.78 is 11.4. The van der Waals surface area contributed by atoms with Gasteiger partial charge in [-0.25, -0.2) is 4.79 Å². The SMILES string of the molecule is CCCOc1ccc([C@H]2C(C(=O)OCCc3ccccc3)=C(C)N=C3CCCC(=O)C32)cc1. The Morgan fingerprint density at radius 3 is 2.48 bits per heavy atom. The van der Waals surface area contributed by atoms with Crippen molar-refractivity contribution >= 4 is 17.5 Å². The van der Waals surface area contributed by atoms with E-state index in [1.807, 2.05) is 61.5 Å². The lowest BCUT2D eigenvalue weighted by atomic mass is 9.69. The van der Waals surface area contributed by atoms with Gasteiger partial charge in [0.25, 0.3) is 0 Å².